The van der Waals surface area contributed by atoms with E-state index >= 15 is 0 Å². The lowest BCUT2D eigenvalue weighted by atomic mass is 10.1. The zero-order valence-electron chi connectivity index (χ0n) is 10.3. The highest BCUT2D eigenvalue weighted by atomic mass is 79.9. The van der Waals surface area contributed by atoms with E-state index in [0.717, 1.165) is 12.1 Å². The zero-order valence-corrected chi connectivity index (χ0v) is 11.9. The molecular formula is C14H8BrF3O3. The maximum Gasteiger partial charge on any atom is 0.417 e. The van der Waals surface area contributed by atoms with E-state index < -0.39 is 23.3 Å². The normalized spacial score (nSPS) is 11.2. The van der Waals surface area contributed by atoms with E-state index in [0.29, 0.717) is 16.3 Å². The van der Waals surface area contributed by atoms with Crippen LogP contribution in [0.4, 0.5) is 13.2 Å². The lowest BCUT2D eigenvalue weighted by molar-refractivity contribution is -0.138. The van der Waals surface area contributed by atoms with Crippen molar-refractivity contribution in [2.45, 2.75) is 6.18 Å². The number of carboxylic acids is 1. The van der Waals surface area contributed by atoms with Crippen LogP contribution < -0.4 is 4.74 Å². The minimum Gasteiger partial charge on any atom is -0.478 e. The van der Waals surface area contributed by atoms with Gasteiger partial charge in [-0.3, -0.25) is 0 Å². The molecular weight excluding hydrogens is 353 g/mol. The standard InChI is InChI=1S/C14H8BrF3O3/c15-11-3-1-2-4-12(11)21-8-5-6-10(14(16,17)18)9(7-8)13(19)20/h1-7H,(H,19,20). The van der Waals surface area contributed by atoms with E-state index in [9.17, 15) is 18.0 Å². The summed E-state index contributed by atoms with van der Waals surface area (Å²) in [7, 11) is 0. The molecule has 0 saturated carbocycles. The lowest BCUT2D eigenvalue weighted by Crippen LogP contribution is -2.12. The summed E-state index contributed by atoms with van der Waals surface area (Å²) in [5.41, 5.74) is -2.07. The molecule has 0 aromatic heterocycles. The summed E-state index contributed by atoms with van der Waals surface area (Å²) in [6, 6.07) is 9.34. The molecule has 3 nitrogen and oxygen atoms in total. The molecule has 0 atom stereocenters. The smallest absolute Gasteiger partial charge is 0.417 e. The van der Waals surface area contributed by atoms with Gasteiger partial charge in [0.15, 0.2) is 0 Å². The maximum atomic E-state index is 12.7. The van der Waals surface area contributed by atoms with Crippen LogP contribution in [-0.4, -0.2) is 11.1 Å². The predicted molar refractivity (Wildman–Crippen MR) is 72.6 cm³/mol. The number of benzene rings is 2. The predicted octanol–water partition coefficient (Wildman–Crippen LogP) is 4.96. The summed E-state index contributed by atoms with van der Waals surface area (Å²) in [6.45, 7) is 0. The molecule has 7 heteroatoms. The van der Waals surface area contributed by atoms with Crippen molar-refractivity contribution in [3.05, 3.63) is 58.1 Å². The van der Waals surface area contributed by atoms with Gasteiger partial charge in [0.1, 0.15) is 11.5 Å². The fourth-order valence-corrected chi connectivity index (χ4v) is 2.03. The highest BCUT2D eigenvalue weighted by Crippen LogP contribution is 2.36. The van der Waals surface area contributed by atoms with Crippen LogP contribution in [0.5, 0.6) is 11.5 Å². The Labute approximate surface area is 126 Å². The van der Waals surface area contributed by atoms with Gasteiger partial charge in [0, 0.05) is 0 Å². The Balaban J connectivity index is 2.42. The van der Waals surface area contributed by atoms with Crippen molar-refractivity contribution >= 4 is 21.9 Å². The molecule has 2 aromatic carbocycles. The summed E-state index contributed by atoms with van der Waals surface area (Å²) >= 11 is 3.23. The molecule has 0 spiro atoms. The first kappa shape index (κ1) is 15.4. The third-order valence-corrected chi connectivity index (χ3v) is 3.25. The molecule has 0 bridgehead atoms. The second kappa shape index (κ2) is 5.77. The molecule has 2 aromatic rings. The van der Waals surface area contributed by atoms with Crippen LogP contribution in [0.2, 0.25) is 0 Å². The van der Waals surface area contributed by atoms with Crippen molar-refractivity contribution in [2.24, 2.45) is 0 Å². The van der Waals surface area contributed by atoms with Crippen molar-refractivity contribution in [1.29, 1.82) is 0 Å². The Morgan fingerprint density at radius 2 is 1.81 bits per heavy atom. The number of aromatic carboxylic acids is 1. The number of halogens is 4. The Hall–Kier alpha value is -2.02. The molecule has 0 aliphatic rings. The van der Waals surface area contributed by atoms with Crippen LogP contribution in [0.1, 0.15) is 15.9 Å². The van der Waals surface area contributed by atoms with Crippen LogP contribution in [0.15, 0.2) is 46.9 Å². The Morgan fingerprint density at radius 3 is 2.38 bits per heavy atom. The van der Waals surface area contributed by atoms with Crippen LogP contribution in [0.3, 0.4) is 0 Å². The van der Waals surface area contributed by atoms with Gasteiger partial charge in [0.05, 0.1) is 15.6 Å². The van der Waals surface area contributed by atoms with Crippen LogP contribution >= 0.6 is 15.9 Å². The summed E-state index contributed by atoms with van der Waals surface area (Å²) in [5, 5.41) is 8.91. The minimum atomic E-state index is -4.74. The largest absolute Gasteiger partial charge is 0.478 e. The van der Waals surface area contributed by atoms with E-state index in [1.807, 2.05) is 0 Å². The average molecular weight is 361 g/mol. The number of rotatable bonds is 3. The molecule has 0 saturated heterocycles. The number of carboxylic acid groups (broad SMARTS) is 1. The van der Waals surface area contributed by atoms with Crippen molar-refractivity contribution in [3.8, 4) is 11.5 Å². The first-order valence-electron chi connectivity index (χ1n) is 5.66. The third-order valence-electron chi connectivity index (χ3n) is 2.59. The Bertz CT molecular complexity index is 683. The van der Waals surface area contributed by atoms with E-state index in [-0.39, 0.29) is 5.75 Å². The number of carbonyl (C=O) groups is 1. The molecule has 2 rings (SSSR count). The molecule has 21 heavy (non-hydrogen) atoms. The SMILES string of the molecule is O=C(O)c1cc(Oc2ccccc2Br)ccc1C(F)(F)F. The summed E-state index contributed by atoms with van der Waals surface area (Å²) in [4.78, 5) is 11.0. The van der Waals surface area contributed by atoms with E-state index in [2.05, 4.69) is 15.9 Å². The van der Waals surface area contributed by atoms with Gasteiger partial charge in [-0.2, -0.15) is 13.2 Å². The average Bonchev–Trinajstić information content (AvgIpc) is 2.40. The molecule has 0 aliphatic heterocycles. The van der Waals surface area contributed by atoms with Gasteiger partial charge >= 0.3 is 12.1 Å². The molecule has 110 valence electrons. The zero-order chi connectivity index (χ0) is 15.6. The van der Waals surface area contributed by atoms with Gasteiger partial charge < -0.3 is 9.84 Å². The fraction of sp³-hybridized carbons (Fsp3) is 0.0714. The Kier molecular flexibility index (Phi) is 4.22. The number of alkyl halides is 3. The highest BCUT2D eigenvalue weighted by molar-refractivity contribution is 9.10. The quantitative estimate of drug-likeness (QED) is 0.841. The third kappa shape index (κ3) is 3.55. The summed E-state index contributed by atoms with van der Waals surface area (Å²) in [5.74, 6) is -1.29. The van der Waals surface area contributed by atoms with Gasteiger partial charge in [-0.25, -0.2) is 4.79 Å². The molecule has 0 fully saturated rings. The van der Waals surface area contributed by atoms with Crippen LogP contribution in [-0.2, 0) is 6.18 Å². The van der Waals surface area contributed by atoms with Crippen molar-refractivity contribution in [1.82, 2.24) is 0 Å². The lowest BCUT2D eigenvalue weighted by Gasteiger charge is -2.13. The first-order chi connectivity index (χ1) is 9.79. The molecule has 0 amide bonds. The van der Waals surface area contributed by atoms with E-state index in [1.54, 1.807) is 24.3 Å². The second-order valence-corrected chi connectivity index (χ2v) is 4.90. The van der Waals surface area contributed by atoms with E-state index in [4.69, 9.17) is 9.84 Å². The van der Waals surface area contributed by atoms with Gasteiger partial charge in [-0.05, 0) is 46.3 Å². The van der Waals surface area contributed by atoms with Gasteiger partial charge in [-0.15, -0.1) is 0 Å². The number of hydrogen-bond donors (Lipinski definition) is 1. The molecule has 0 unspecified atom stereocenters. The molecule has 0 heterocycles. The topological polar surface area (TPSA) is 46.5 Å². The Morgan fingerprint density at radius 1 is 1.14 bits per heavy atom. The van der Waals surface area contributed by atoms with E-state index in [1.165, 1.54) is 0 Å². The molecule has 1 N–H and O–H groups in total. The highest BCUT2D eigenvalue weighted by Gasteiger charge is 2.35. The summed E-state index contributed by atoms with van der Waals surface area (Å²) in [6.07, 6.45) is -4.74. The first-order valence-corrected chi connectivity index (χ1v) is 6.45. The fourth-order valence-electron chi connectivity index (χ4n) is 1.67. The van der Waals surface area contributed by atoms with Crippen LogP contribution in [0, 0.1) is 0 Å². The second-order valence-electron chi connectivity index (χ2n) is 4.04. The van der Waals surface area contributed by atoms with Gasteiger partial charge in [0.2, 0.25) is 0 Å². The number of hydrogen-bond acceptors (Lipinski definition) is 2. The van der Waals surface area contributed by atoms with Crippen molar-refractivity contribution in [3.63, 3.8) is 0 Å². The number of para-hydroxylation sites is 1. The monoisotopic (exact) mass is 360 g/mol. The molecule has 0 radical (unpaired) electrons. The van der Waals surface area contributed by atoms with Crippen molar-refractivity contribution < 1.29 is 27.8 Å². The van der Waals surface area contributed by atoms with Gasteiger partial charge in [-0.1, -0.05) is 12.1 Å². The molecule has 0 aliphatic carbocycles. The number of ether oxygens (including phenoxy) is 1. The maximum absolute atomic E-state index is 12.7. The van der Waals surface area contributed by atoms with Gasteiger partial charge in [0.25, 0.3) is 0 Å². The summed E-state index contributed by atoms with van der Waals surface area (Å²) < 4.78 is 44.1. The minimum absolute atomic E-state index is 0.00676. The van der Waals surface area contributed by atoms with Crippen molar-refractivity contribution in [2.75, 3.05) is 0 Å². The van der Waals surface area contributed by atoms with Crippen LogP contribution in [0.25, 0.3) is 0 Å².